The highest BCUT2D eigenvalue weighted by molar-refractivity contribution is 5.93. The van der Waals surface area contributed by atoms with E-state index < -0.39 is 0 Å². The third-order valence-corrected chi connectivity index (χ3v) is 5.46. The van der Waals surface area contributed by atoms with E-state index in [1.54, 1.807) is 19.2 Å². The SMILES string of the molecule is COc1ccc(C)cc1NC(=O)CN1CCC(c2nc(-c3cccc(F)c3)no2)CC1. The summed E-state index contributed by atoms with van der Waals surface area (Å²) in [5, 5.41) is 6.94. The molecule has 1 fully saturated rings. The van der Waals surface area contributed by atoms with Gasteiger partial charge in [0.2, 0.25) is 17.6 Å². The van der Waals surface area contributed by atoms with Crippen molar-refractivity contribution in [1.29, 1.82) is 0 Å². The number of amides is 1. The van der Waals surface area contributed by atoms with Gasteiger partial charge >= 0.3 is 0 Å². The molecule has 4 rings (SSSR count). The molecule has 0 atom stereocenters. The summed E-state index contributed by atoms with van der Waals surface area (Å²) in [4.78, 5) is 19.1. The minimum Gasteiger partial charge on any atom is -0.495 e. The molecule has 8 heteroatoms. The van der Waals surface area contributed by atoms with Gasteiger partial charge in [-0.2, -0.15) is 4.98 Å². The van der Waals surface area contributed by atoms with Crippen LogP contribution in [-0.2, 0) is 4.79 Å². The molecule has 7 nitrogen and oxygen atoms in total. The van der Waals surface area contributed by atoms with Crippen LogP contribution >= 0.6 is 0 Å². The van der Waals surface area contributed by atoms with Crippen LogP contribution in [0.1, 0.15) is 30.2 Å². The molecule has 31 heavy (non-hydrogen) atoms. The fourth-order valence-electron chi connectivity index (χ4n) is 3.80. The second kappa shape index (κ2) is 9.26. The van der Waals surface area contributed by atoms with Gasteiger partial charge in [0.15, 0.2) is 0 Å². The lowest BCUT2D eigenvalue weighted by atomic mass is 9.97. The molecule has 0 unspecified atom stereocenters. The highest BCUT2D eigenvalue weighted by Crippen LogP contribution is 2.29. The zero-order valence-electron chi connectivity index (χ0n) is 17.6. The topological polar surface area (TPSA) is 80.5 Å². The van der Waals surface area contributed by atoms with E-state index in [-0.39, 0.29) is 17.6 Å². The Balaban J connectivity index is 1.31. The maximum Gasteiger partial charge on any atom is 0.238 e. The summed E-state index contributed by atoms with van der Waals surface area (Å²) in [5.41, 5.74) is 2.32. The first kappa shape index (κ1) is 21.0. The normalized spacial score (nSPS) is 15.1. The molecule has 0 saturated carbocycles. The Morgan fingerprint density at radius 2 is 2.06 bits per heavy atom. The summed E-state index contributed by atoms with van der Waals surface area (Å²) < 4.78 is 24.2. The van der Waals surface area contributed by atoms with Gasteiger partial charge in [0, 0.05) is 11.5 Å². The molecule has 3 aromatic rings. The number of halogens is 1. The van der Waals surface area contributed by atoms with Crippen molar-refractivity contribution in [1.82, 2.24) is 15.0 Å². The summed E-state index contributed by atoms with van der Waals surface area (Å²) >= 11 is 0. The fourth-order valence-corrected chi connectivity index (χ4v) is 3.80. The first-order valence-electron chi connectivity index (χ1n) is 10.3. The van der Waals surface area contributed by atoms with E-state index >= 15 is 0 Å². The fraction of sp³-hybridized carbons (Fsp3) is 0.348. The smallest absolute Gasteiger partial charge is 0.238 e. The average molecular weight is 424 g/mol. The molecule has 1 aliphatic heterocycles. The number of nitrogens with one attached hydrogen (secondary N) is 1. The Morgan fingerprint density at radius 3 is 2.81 bits per heavy atom. The minimum atomic E-state index is -0.335. The van der Waals surface area contributed by atoms with Gasteiger partial charge in [-0.15, -0.1) is 0 Å². The van der Waals surface area contributed by atoms with E-state index in [1.807, 2.05) is 25.1 Å². The lowest BCUT2D eigenvalue weighted by Crippen LogP contribution is -2.38. The van der Waals surface area contributed by atoms with Crippen LogP contribution in [0, 0.1) is 12.7 Å². The van der Waals surface area contributed by atoms with E-state index in [0.29, 0.717) is 35.3 Å². The van der Waals surface area contributed by atoms with Crippen molar-refractivity contribution in [3.8, 4) is 17.1 Å². The summed E-state index contributed by atoms with van der Waals surface area (Å²) in [7, 11) is 1.59. The van der Waals surface area contributed by atoms with Crippen molar-refractivity contribution in [2.45, 2.75) is 25.7 Å². The molecule has 1 aromatic heterocycles. The van der Waals surface area contributed by atoms with Gasteiger partial charge in [-0.25, -0.2) is 4.39 Å². The number of piperidine rings is 1. The van der Waals surface area contributed by atoms with Gasteiger partial charge in [-0.1, -0.05) is 23.4 Å². The van der Waals surface area contributed by atoms with Crippen molar-refractivity contribution < 1.29 is 18.4 Å². The standard InChI is InChI=1S/C23H25FN4O3/c1-15-6-7-20(30-2)19(12-15)25-21(29)14-28-10-8-16(9-11-28)23-26-22(27-31-23)17-4-3-5-18(24)13-17/h3-7,12-13,16H,8-11,14H2,1-2H3,(H,25,29). The van der Waals surface area contributed by atoms with Gasteiger partial charge in [-0.05, 0) is 62.7 Å². The number of likely N-dealkylation sites (tertiary alicyclic amines) is 1. The van der Waals surface area contributed by atoms with Gasteiger partial charge in [0.05, 0.1) is 19.3 Å². The highest BCUT2D eigenvalue weighted by atomic mass is 19.1. The lowest BCUT2D eigenvalue weighted by molar-refractivity contribution is -0.117. The Kier molecular flexibility index (Phi) is 6.27. The Hall–Kier alpha value is -3.26. The number of aromatic nitrogens is 2. The van der Waals surface area contributed by atoms with Crippen LogP contribution < -0.4 is 10.1 Å². The highest BCUT2D eigenvalue weighted by Gasteiger charge is 2.26. The number of hydrogen-bond donors (Lipinski definition) is 1. The molecule has 162 valence electrons. The minimum absolute atomic E-state index is 0.0754. The van der Waals surface area contributed by atoms with Gasteiger partial charge in [-0.3, -0.25) is 9.69 Å². The number of anilines is 1. The molecule has 0 spiro atoms. The number of rotatable bonds is 6. The van der Waals surface area contributed by atoms with Crippen molar-refractivity contribution >= 4 is 11.6 Å². The number of ether oxygens (including phenoxy) is 1. The van der Waals surface area contributed by atoms with E-state index in [4.69, 9.17) is 9.26 Å². The molecule has 2 aromatic carbocycles. The predicted molar refractivity (Wildman–Crippen MR) is 114 cm³/mol. The Morgan fingerprint density at radius 1 is 1.26 bits per heavy atom. The van der Waals surface area contributed by atoms with Crippen LogP contribution in [0.3, 0.4) is 0 Å². The van der Waals surface area contributed by atoms with Crippen LogP contribution in [0.15, 0.2) is 47.0 Å². The molecule has 2 heterocycles. The van der Waals surface area contributed by atoms with Crippen molar-refractivity contribution in [2.75, 3.05) is 32.1 Å². The average Bonchev–Trinajstić information content (AvgIpc) is 3.25. The maximum atomic E-state index is 13.4. The van der Waals surface area contributed by atoms with E-state index in [2.05, 4.69) is 20.4 Å². The molecule has 1 saturated heterocycles. The van der Waals surface area contributed by atoms with Crippen LogP contribution in [0.2, 0.25) is 0 Å². The lowest BCUT2D eigenvalue weighted by Gasteiger charge is -2.29. The van der Waals surface area contributed by atoms with Crippen LogP contribution in [-0.4, -0.2) is 47.7 Å². The quantitative estimate of drug-likeness (QED) is 0.644. The van der Waals surface area contributed by atoms with Crippen molar-refractivity contribution in [3.05, 3.63) is 59.7 Å². The predicted octanol–water partition coefficient (Wildman–Crippen LogP) is 4.01. The molecule has 0 radical (unpaired) electrons. The monoisotopic (exact) mass is 424 g/mol. The summed E-state index contributed by atoms with van der Waals surface area (Å²) in [5.74, 6) is 1.32. The van der Waals surface area contributed by atoms with E-state index in [1.165, 1.54) is 12.1 Å². The number of methoxy groups -OCH3 is 1. The molecule has 0 aliphatic carbocycles. The Bertz CT molecular complexity index is 1060. The molecular weight excluding hydrogens is 399 g/mol. The zero-order chi connectivity index (χ0) is 21.8. The van der Waals surface area contributed by atoms with E-state index in [0.717, 1.165) is 31.5 Å². The third-order valence-electron chi connectivity index (χ3n) is 5.46. The number of aryl methyl sites for hydroxylation is 1. The summed E-state index contributed by atoms with van der Waals surface area (Å²) in [6, 6.07) is 11.8. The number of hydrogen-bond acceptors (Lipinski definition) is 6. The summed E-state index contributed by atoms with van der Waals surface area (Å²) in [6.45, 7) is 3.78. The van der Waals surface area contributed by atoms with Gasteiger partial charge in [0.25, 0.3) is 0 Å². The molecule has 1 aliphatic rings. The van der Waals surface area contributed by atoms with Crippen molar-refractivity contribution in [2.24, 2.45) is 0 Å². The van der Waals surface area contributed by atoms with Crippen molar-refractivity contribution in [3.63, 3.8) is 0 Å². The Labute approximate surface area is 180 Å². The second-order valence-electron chi connectivity index (χ2n) is 7.77. The van der Waals surface area contributed by atoms with Crippen LogP contribution in [0.5, 0.6) is 5.75 Å². The van der Waals surface area contributed by atoms with Gasteiger partial charge in [0.1, 0.15) is 11.6 Å². The van der Waals surface area contributed by atoms with Crippen LogP contribution in [0.4, 0.5) is 10.1 Å². The molecular formula is C23H25FN4O3. The largest absolute Gasteiger partial charge is 0.495 e. The number of nitrogens with zero attached hydrogens (tertiary/aromatic N) is 3. The molecule has 1 amide bonds. The zero-order valence-corrected chi connectivity index (χ0v) is 17.6. The third kappa shape index (κ3) is 5.08. The molecule has 0 bridgehead atoms. The summed E-state index contributed by atoms with van der Waals surface area (Å²) in [6.07, 6.45) is 1.62. The number of carbonyl (C=O) groups excluding carboxylic acids is 1. The van der Waals surface area contributed by atoms with E-state index in [9.17, 15) is 9.18 Å². The van der Waals surface area contributed by atoms with Crippen LogP contribution in [0.25, 0.3) is 11.4 Å². The number of carbonyl (C=O) groups is 1. The molecule has 1 N–H and O–H groups in total. The van der Waals surface area contributed by atoms with Gasteiger partial charge < -0.3 is 14.6 Å². The maximum absolute atomic E-state index is 13.4. The first-order valence-corrected chi connectivity index (χ1v) is 10.3. The second-order valence-corrected chi connectivity index (χ2v) is 7.77. The number of benzene rings is 2. The first-order chi connectivity index (χ1) is 15.0.